The number of carbonyl (C=O) groups excluding carboxylic acids is 1. The molecule has 0 aliphatic heterocycles. The van der Waals surface area contributed by atoms with Gasteiger partial charge in [-0.3, -0.25) is 4.79 Å². The Morgan fingerprint density at radius 1 is 1.39 bits per heavy atom. The lowest BCUT2D eigenvalue weighted by Crippen LogP contribution is -2.42. The number of aromatic nitrogens is 2. The molecule has 1 aromatic carbocycles. The van der Waals surface area contributed by atoms with Gasteiger partial charge in [-0.05, 0) is 26.0 Å². The third-order valence-electron chi connectivity index (χ3n) is 3.61. The summed E-state index contributed by atoms with van der Waals surface area (Å²) in [6.07, 6.45) is 0. The Hall–Kier alpha value is -2.67. The van der Waals surface area contributed by atoms with E-state index >= 15 is 0 Å². The van der Waals surface area contributed by atoms with Gasteiger partial charge in [0.1, 0.15) is 5.82 Å². The van der Waals surface area contributed by atoms with Crippen molar-refractivity contribution in [1.82, 2.24) is 14.9 Å². The van der Waals surface area contributed by atoms with Crippen LogP contribution in [0.2, 0.25) is 0 Å². The van der Waals surface area contributed by atoms with Crippen molar-refractivity contribution in [1.29, 1.82) is 0 Å². The quantitative estimate of drug-likeness (QED) is 0.796. The van der Waals surface area contributed by atoms with Gasteiger partial charge in [0.2, 0.25) is 0 Å². The summed E-state index contributed by atoms with van der Waals surface area (Å²) in [7, 11) is 1.70. The first-order valence-electron chi connectivity index (χ1n) is 7.33. The zero-order chi connectivity index (χ0) is 17.0. The van der Waals surface area contributed by atoms with Gasteiger partial charge in [-0.2, -0.15) is 0 Å². The summed E-state index contributed by atoms with van der Waals surface area (Å²) >= 11 is 0. The van der Waals surface area contributed by atoms with Crippen LogP contribution in [0.1, 0.15) is 12.7 Å². The molecule has 23 heavy (non-hydrogen) atoms. The Balaban J connectivity index is 2.13. The fraction of sp³-hybridized carbons (Fsp3) is 0.312. The summed E-state index contributed by atoms with van der Waals surface area (Å²) < 4.78 is 0. The van der Waals surface area contributed by atoms with E-state index in [1.165, 1.54) is 6.07 Å². The maximum Gasteiger partial charge on any atom is 0.321 e. The molecule has 1 unspecified atom stereocenters. The number of nitrogens with two attached hydrogens (primary N) is 1. The van der Waals surface area contributed by atoms with E-state index < -0.39 is 0 Å². The maximum absolute atomic E-state index is 12.1. The molecule has 1 atom stereocenters. The zero-order valence-corrected chi connectivity index (χ0v) is 13.5. The average Bonchev–Trinajstić information content (AvgIpc) is 2.53. The summed E-state index contributed by atoms with van der Waals surface area (Å²) in [6, 6.07) is 8.33. The minimum absolute atomic E-state index is 0.0440. The molecule has 0 saturated carbocycles. The van der Waals surface area contributed by atoms with Crippen molar-refractivity contribution in [3.8, 4) is 11.3 Å². The highest BCUT2D eigenvalue weighted by Gasteiger charge is 2.14. The van der Waals surface area contributed by atoms with Crippen LogP contribution in [0.3, 0.4) is 0 Å². The Bertz CT molecular complexity index is 739. The lowest BCUT2D eigenvalue weighted by atomic mass is 10.1. The molecule has 7 nitrogen and oxygen atoms in total. The number of hydrogen-bond donors (Lipinski definition) is 3. The van der Waals surface area contributed by atoms with Crippen LogP contribution < -0.4 is 16.6 Å². The second kappa shape index (κ2) is 7.06. The molecule has 4 N–H and O–H groups in total. The monoisotopic (exact) mass is 315 g/mol. The highest BCUT2D eigenvalue weighted by atomic mass is 16.2. The number of aromatic amines is 1. The Kier molecular flexibility index (Phi) is 5.13. The normalized spacial score (nSPS) is 11.8. The number of nitrogens with zero attached hydrogens (tertiary/aromatic N) is 2. The lowest BCUT2D eigenvalue weighted by molar-refractivity contribution is 0.209. The molecule has 7 heteroatoms. The van der Waals surface area contributed by atoms with Gasteiger partial charge in [0.25, 0.3) is 5.56 Å². The van der Waals surface area contributed by atoms with E-state index in [1.807, 2.05) is 19.1 Å². The van der Waals surface area contributed by atoms with E-state index in [1.54, 1.807) is 31.0 Å². The number of urea groups is 1. The number of benzene rings is 1. The number of nitrogens with one attached hydrogen (secondary N) is 2. The number of carbonyl (C=O) groups is 1. The Morgan fingerprint density at radius 2 is 2.04 bits per heavy atom. The number of H-pyrrole nitrogens is 1. The maximum atomic E-state index is 12.1. The molecule has 0 fully saturated rings. The van der Waals surface area contributed by atoms with Crippen LogP contribution in [0, 0.1) is 6.92 Å². The first-order chi connectivity index (χ1) is 10.9. The van der Waals surface area contributed by atoms with Crippen LogP contribution in [-0.2, 0) is 0 Å². The van der Waals surface area contributed by atoms with Gasteiger partial charge in [0, 0.05) is 37.0 Å². The van der Waals surface area contributed by atoms with Crippen LogP contribution in [0.15, 0.2) is 35.1 Å². The molecule has 2 aromatic rings. The fourth-order valence-corrected chi connectivity index (χ4v) is 2.02. The number of rotatable bonds is 4. The van der Waals surface area contributed by atoms with Crippen molar-refractivity contribution < 1.29 is 4.79 Å². The first-order valence-corrected chi connectivity index (χ1v) is 7.33. The second-order valence-electron chi connectivity index (χ2n) is 5.42. The Labute approximate surface area is 134 Å². The first kappa shape index (κ1) is 16.7. The topological polar surface area (TPSA) is 104 Å². The molecule has 0 bridgehead atoms. The molecule has 0 radical (unpaired) electrons. The van der Waals surface area contributed by atoms with Gasteiger partial charge in [0.05, 0.1) is 5.69 Å². The number of amides is 2. The SMILES string of the molecule is Cc1nc(-c2ccc(NC(=O)N(C)C(C)CN)cc2)cc(=O)[nH]1. The van der Waals surface area contributed by atoms with Crippen LogP contribution in [0.25, 0.3) is 11.3 Å². The molecule has 1 aromatic heterocycles. The molecule has 122 valence electrons. The molecule has 0 aliphatic rings. The second-order valence-corrected chi connectivity index (χ2v) is 5.42. The van der Waals surface area contributed by atoms with E-state index in [4.69, 9.17) is 5.73 Å². The van der Waals surface area contributed by atoms with Crippen molar-refractivity contribution in [2.24, 2.45) is 5.73 Å². The van der Waals surface area contributed by atoms with Crippen molar-refractivity contribution in [2.45, 2.75) is 19.9 Å². The van der Waals surface area contributed by atoms with Crippen LogP contribution >= 0.6 is 0 Å². The number of aryl methyl sites for hydroxylation is 1. The van der Waals surface area contributed by atoms with Crippen molar-refractivity contribution >= 4 is 11.7 Å². The van der Waals surface area contributed by atoms with Gasteiger partial charge >= 0.3 is 6.03 Å². The summed E-state index contributed by atoms with van der Waals surface area (Å²) in [5, 5.41) is 2.80. The van der Waals surface area contributed by atoms with Gasteiger partial charge in [-0.15, -0.1) is 0 Å². The summed E-state index contributed by atoms with van der Waals surface area (Å²) in [4.78, 5) is 32.0. The molecule has 0 aliphatic carbocycles. The third-order valence-corrected chi connectivity index (χ3v) is 3.61. The van der Waals surface area contributed by atoms with Crippen molar-refractivity contribution in [2.75, 3.05) is 18.9 Å². The number of anilines is 1. The van der Waals surface area contributed by atoms with Gasteiger partial charge in [0.15, 0.2) is 0 Å². The zero-order valence-electron chi connectivity index (χ0n) is 13.5. The van der Waals surface area contributed by atoms with Crippen molar-refractivity contribution in [3.05, 3.63) is 46.5 Å². The minimum Gasteiger partial charge on any atom is -0.328 e. The van der Waals surface area contributed by atoms with E-state index in [9.17, 15) is 9.59 Å². The predicted molar refractivity (Wildman–Crippen MR) is 90.3 cm³/mol. The van der Waals surface area contributed by atoms with E-state index in [0.717, 1.165) is 5.56 Å². The predicted octanol–water partition coefficient (Wildman–Crippen LogP) is 1.56. The van der Waals surface area contributed by atoms with Crippen LogP contribution in [-0.4, -0.2) is 40.5 Å². The molecular formula is C16H21N5O2. The standard InChI is InChI=1S/C16H21N5O2/c1-10(9-17)21(3)16(23)20-13-6-4-12(5-7-13)14-8-15(22)19-11(2)18-14/h4-8,10H,9,17H2,1-3H3,(H,20,23)(H,18,19,22). The Morgan fingerprint density at radius 3 is 2.61 bits per heavy atom. The smallest absolute Gasteiger partial charge is 0.321 e. The van der Waals surface area contributed by atoms with Gasteiger partial charge in [-0.1, -0.05) is 12.1 Å². The number of hydrogen-bond acceptors (Lipinski definition) is 4. The highest BCUT2D eigenvalue weighted by molar-refractivity contribution is 5.89. The lowest BCUT2D eigenvalue weighted by Gasteiger charge is -2.23. The summed E-state index contributed by atoms with van der Waals surface area (Å²) in [6.45, 7) is 4.01. The average molecular weight is 315 g/mol. The van der Waals surface area contributed by atoms with Crippen LogP contribution in [0.5, 0.6) is 0 Å². The summed E-state index contributed by atoms with van der Waals surface area (Å²) in [5.74, 6) is 0.558. The van der Waals surface area contributed by atoms with Gasteiger partial charge < -0.3 is 20.9 Å². The van der Waals surface area contributed by atoms with E-state index in [-0.39, 0.29) is 17.6 Å². The van der Waals surface area contributed by atoms with Crippen molar-refractivity contribution in [3.63, 3.8) is 0 Å². The van der Waals surface area contributed by atoms with Gasteiger partial charge in [-0.25, -0.2) is 9.78 Å². The third kappa shape index (κ3) is 4.17. The molecular weight excluding hydrogens is 294 g/mol. The molecule has 0 saturated heterocycles. The van der Waals surface area contributed by atoms with E-state index in [0.29, 0.717) is 23.8 Å². The molecule has 1 heterocycles. The minimum atomic E-state index is -0.221. The number of likely N-dealkylation sites (N-methyl/N-ethyl adjacent to an activating group) is 1. The van der Waals surface area contributed by atoms with Crippen LogP contribution in [0.4, 0.5) is 10.5 Å². The molecule has 0 spiro atoms. The summed E-state index contributed by atoms with van der Waals surface area (Å²) in [5.41, 5.74) is 7.43. The largest absolute Gasteiger partial charge is 0.328 e. The highest BCUT2D eigenvalue weighted by Crippen LogP contribution is 2.18. The fourth-order valence-electron chi connectivity index (χ4n) is 2.02. The molecule has 2 amide bonds. The molecule has 2 rings (SSSR count). The van der Waals surface area contributed by atoms with E-state index in [2.05, 4.69) is 15.3 Å².